The number of nitrogens with one attached hydrogen (secondary N) is 1. The van der Waals surface area contributed by atoms with Crippen LogP contribution in [0.15, 0.2) is 42.5 Å². The third kappa shape index (κ3) is 5.02. The average Bonchev–Trinajstić information content (AvgIpc) is 3.36. The van der Waals surface area contributed by atoms with Crippen LogP contribution in [0.4, 0.5) is 10.1 Å². The third-order valence-corrected chi connectivity index (χ3v) is 5.27. The molecule has 1 saturated carbocycles. The van der Waals surface area contributed by atoms with Crippen molar-refractivity contribution in [3.05, 3.63) is 53.8 Å². The van der Waals surface area contributed by atoms with Gasteiger partial charge in [0.15, 0.2) is 23.9 Å². The fraction of sp³-hybridized carbons (Fsp3) is 0.348. The average molecular weight is 427 g/mol. The number of carbonyl (C=O) groups excluding carboxylic acids is 3. The molecule has 162 valence electrons. The third-order valence-electron chi connectivity index (χ3n) is 5.27. The van der Waals surface area contributed by atoms with E-state index >= 15 is 0 Å². The van der Waals surface area contributed by atoms with Gasteiger partial charge in [-0.05, 0) is 49.2 Å². The van der Waals surface area contributed by atoms with Crippen molar-refractivity contribution in [2.75, 3.05) is 11.9 Å². The largest absolute Gasteiger partial charge is 0.456 e. The summed E-state index contributed by atoms with van der Waals surface area (Å²) in [6.07, 6.45) is 3.52. The molecule has 2 aromatic rings. The van der Waals surface area contributed by atoms with Crippen LogP contribution >= 0.6 is 0 Å². The Balaban J connectivity index is 1.21. The molecule has 2 aliphatic rings. The van der Waals surface area contributed by atoms with E-state index in [4.69, 9.17) is 14.2 Å². The molecule has 1 aliphatic carbocycles. The van der Waals surface area contributed by atoms with Crippen molar-refractivity contribution in [1.82, 2.24) is 0 Å². The molecular weight excluding hydrogens is 405 g/mol. The Labute approximate surface area is 178 Å². The van der Waals surface area contributed by atoms with Crippen molar-refractivity contribution in [1.29, 1.82) is 0 Å². The molecular formula is C23H22FNO6. The Kier molecular flexibility index (Phi) is 5.88. The molecule has 1 heterocycles. The van der Waals surface area contributed by atoms with Gasteiger partial charge in [0.2, 0.25) is 0 Å². The van der Waals surface area contributed by atoms with Crippen molar-refractivity contribution in [2.45, 2.75) is 44.3 Å². The molecule has 31 heavy (non-hydrogen) atoms. The van der Waals surface area contributed by atoms with Gasteiger partial charge in [-0.25, -0.2) is 4.39 Å². The standard InChI is InChI=1S/C23H22FNO6/c24-16-5-3-15(4-6-16)18(26)8-10-22(28)29-14-21(27)25-17-7-9-19-20(13-17)31-23(30-19)11-1-2-12-23/h3-7,9,13H,1-2,8,10-12,14H2,(H,25,27). The van der Waals surface area contributed by atoms with Gasteiger partial charge < -0.3 is 19.5 Å². The molecule has 0 bridgehead atoms. The summed E-state index contributed by atoms with van der Waals surface area (Å²) in [6.45, 7) is -0.470. The number of ether oxygens (including phenoxy) is 3. The molecule has 1 fully saturated rings. The van der Waals surface area contributed by atoms with Gasteiger partial charge in [-0.15, -0.1) is 0 Å². The molecule has 0 unspecified atom stereocenters. The normalized spacial score (nSPS) is 15.6. The van der Waals surface area contributed by atoms with Crippen molar-refractivity contribution in [2.24, 2.45) is 0 Å². The van der Waals surface area contributed by atoms with Gasteiger partial charge in [-0.3, -0.25) is 14.4 Å². The number of halogens is 1. The van der Waals surface area contributed by atoms with E-state index in [1.165, 1.54) is 24.3 Å². The van der Waals surface area contributed by atoms with E-state index in [2.05, 4.69) is 5.32 Å². The number of hydrogen-bond donors (Lipinski definition) is 1. The minimum Gasteiger partial charge on any atom is -0.456 e. The fourth-order valence-corrected chi connectivity index (χ4v) is 3.70. The molecule has 0 radical (unpaired) electrons. The summed E-state index contributed by atoms with van der Waals surface area (Å²) in [5, 5.41) is 2.65. The van der Waals surface area contributed by atoms with Crippen LogP contribution in [0.2, 0.25) is 0 Å². The van der Waals surface area contributed by atoms with E-state index in [1.807, 2.05) is 0 Å². The lowest BCUT2D eigenvalue weighted by atomic mass is 10.1. The second-order valence-electron chi connectivity index (χ2n) is 7.62. The van der Waals surface area contributed by atoms with Crippen LogP contribution in [-0.2, 0) is 14.3 Å². The van der Waals surface area contributed by atoms with Crippen LogP contribution in [0, 0.1) is 5.82 Å². The van der Waals surface area contributed by atoms with Gasteiger partial charge in [0, 0.05) is 36.6 Å². The van der Waals surface area contributed by atoms with E-state index < -0.39 is 30.1 Å². The van der Waals surface area contributed by atoms with Crippen molar-refractivity contribution >= 4 is 23.3 Å². The number of benzene rings is 2. The minimum atomic E-state index is -0.667. The van der Waals surface area contributed by atoms with Gasteiger partial charge in [-0.1, -0.05) is 0 Å². The molecule has 0 saturated heterocycles. The number of hydrogen-bond acceptors (Lipinski definition) is 6. The Hall–Kier alpha value is -3.42. The topological polar surface area (TPSA) is 90.9 Å². The van der Waals surface area contributed by atoms with Gasteiger partial charge in [0.25, 0.3) is 11.7 Å². The molecule has 8 heteroatoms. The van der Waals surface area contributed by atoms with Crippen LogP contribution in [0.3, 0.4) is 0 Å². The Morgan fingerprint density at radius 3 is 2.42 bits per heavy atom. The summed E-state index contributed by atoms with van der Waals surface area (Å²) in [4.78, 5) is 35.9. The monoisotopic (exact) mass is 427 g/mol. The number of carbonyl (C=O) groups is 3. The van der Waals surface area contributed by atoms with Gasteiger partial charge in [0.05, 0.1) is 6.42 Å². The lowest BCUT2D eigenvalue weighted by Crippen LogP contribution is -2.34. The van der Waals surface area contributed by atoms with Crippen LogP contribution in [0.5, 0.6) is 11.5 Å². The molecule has 1 N–H and O–H groups in total. The number of amides is 1. The van der Waals surface area contributed by atoms with E-state index in [0.717, 1.165) is 25.7 Å². The van der Waals surface area contributed by atoms with Crippen LogP contribution < -0.4 is 14.8 Å². The number of anilines is 1. The Morgan fingerprint density at radius 1 is 0.968 bits per heavy atom. The summed E-state index contributed by atoms with van der Waals surface area (Å²) >= 11 is 0. The predicted molar refractivity (Wildman–Crippen MR) is 108 cm³/mol. The minimum absolute atomic E-state index is 0.0873. The first-order valence-corrected chi connectivity index (χ1v) is 10.2. The van der Waals surface area contributed by atoms with Crippen LogP contribution in [0.25, 0.3) is 0 Å². The maximum Gasteiger partial charge on any atom is 0.306 e. The predicted octanol–water partition coefficient (Wildman–Crippen LogP) is 4.01. The molecule has 2 aromatic carbocycles. The second kappa shape index (κ2) is 8.75. The van der Waals surface area contributed by atoms with E-state index in [1.54, 1.807) is 18.2 Å². The molecule has 0 atom stereocenters. The van der Waals surface area contributed by atoms with Crippen LogP contribution in [-0.4, -0.2) is 30.1 Å². The zero-order chi connectivity index (χ0) is 21.8. The first-order valence-electron chi connectivity index (χ1n) is 10.2. The lowest BCUT2D eigenvalue weighted by molar-refractivity contribution is -0.147. The SMILES string of the molecule is O=C(COC(=O)CCC(=O)c1ccc(F)cc1)Nc1ccc2c(c1)OC1(CCCC1)O2. The Morgan fingerprint density at radius 2 is 1.68 bits per heavy atom. The molecule has 1 spiro atoms. The number of Topliss-reactive ketones (excluding diaryl/α,β-unsaturated/α-hetero) is 1. The molecule has 7 nitrogen and oxygen atoms in total. The lowest BCUT2D eigenvalue weighted by Gasteiger charge is -2.21. The number of fused-ring (bicyclic) bond motifs is 1. The van der Waals surface area contributed by atoms with E-state index in [-0.39, 0.29) is 18.6 Å². The number of ketones is 1. The Bertz CT molecular complexity index is 998. The maximum atomic E-state index is 12.9. The number of esters is 1. The summed E-state index contributed by atoms with van der Waals surface area (Å²) < 4.78 is 29.7. The summed E-state index contributed by atoms with van der Waals surface area (Å²) in [5.41, 5.74) is 0.819. The summed E-state index contributed by atoms with van der Waals surface area (Å²) in [5.74, 6) is -1.27. The highest BCUT2D eigenvalue weighted by Crippen LogP contribution is 2.47. The van der Waals surface area contributed by atoms with Crippen molar-refractivity contribution in [3.8, 4) is 11.5 Å². The van der Waals surface area contributed by atoms with Crippen molar-refractivity contribution in [3.63, 3.8) is 0 Å². The zero-order valence-electron chi connectivity index (χ0n) is 16.8. The highest BCUT2D eigenvalue weighted by molar-refractivity contribution is 5.98. The first kappa shape index (κ1) is 20.8. The quantitative estimate of drug-likeness (QED) is 0.530. The second-order valence-corrected chi connectivity index (χ2v) is 7.62. The summed E-state index contributed by atoms with van der Waals surface area (Å²) in [7, 11) is 0. The van der Waals surface area contributed by atoms with Gasteiger partial charge in [-0.2, -0.15) is 0 Å². The highest BCUT2D eigenvalue weighted by atomic mass is 19.1. The van der Waals surface area contributed by atoms with Gasteiger partial charge >= 0.3 is 5.97 Å². The fourth-order valence-electron chi connectivity index (χ4n) is 3.70. The molecule has 1 aliphatic heterocycles. The molecule has 1 amide bonds. The zero-order valence-corrected chi connectivity index (χ0v) is 16.8. The maximum absolute atomic E-state index is 12.9. The molecule has 4 rings (SSSR count). The van der Waals surface area contributed by atoms with Gasteiger partial charge in [0.1, 0.15) is 5.82 Å². The van der Waals surface area contributed by atoms with E-state index in [0.29, 0.717) is 22.7 Å². The highest BCUT2D eigenvalue weighted by Gasteiger charge is 2.44. The number of rotatable bonds is 7. The molecule has 0 aromatic heterocycles. The first-order chi connectivity index (χ1) is 14.9. The van der Waals surface area contributed by atoms with E-state index in [9.17, 15) is 18.8 Å². The smallest absolute Gasteiger partial charge is 0.306 e. The summed E-state index contributed by atoms with van der Waals surface area (Å²) in [6, 6.07) is 10.2. The van der Waals surface area contributed by atoms with Crippen LogP contribution in [0.1, 0.15) is 48.9 Å². The van der Waals surface area contributed by atoms with Crippen molar-refractivity contribution < 1.29 is 33.0 Å².